The van der Waals surface area contributed by atoms with E-state index in [1.165, 1.54) is 0 Å². The lowest BCUT2D eigenvalue weighted by Crippen LogP contribution is -2.28. The van der Waals surface area contributed by atoms with Crippen LogP contribution in [0.25, 0.3) is 10.9 Å². The Morgan fingerprint density at radius 2 is 2.00 bits per heavy atom. The molecule has 22 heavy (non-hydrogen) atoms. The predicted octanol–water partition coefficient (Wildman–Crippen LogP) is 2.12. The van der Waals surface area contributed by atoms with Crippen molar-refractivity contribution in [3.8, 4) is 0 Å². The van der Waals surface area contributed by atoms with Crippen LogP contribution in [0, 0.1) is 11.6 Å². The normalized spacial score (nSPS) is 17.0. The fourth-order valence-electron chi connectivity index (χ4n) is 3.09. The molecule has 1 aliphatic rings. The molecule has 0 saturated heterocycles. The van der Waals surface area contributed by atoms with Gasteiger partial charge in [-0.2, -0.15) is 0 Å². The van der Waals surface area contributed by atoms with Gasteiger partial charge in [0.1, 0.15) is 10.6 Å². The lowest BCUT2D eigenvalue weighted by Gasteiger charge is -2.19. The van der Waals surface area contributed by atoms with Crippen LogP contribution in [0.15, 0.2) is 4.79 Å². The van der Waals surface area contributed by atoms with Crippen LogP contribution in [0.3, 0.4) is 0 Å². The number of halogens is 3. The van der Waals surface area contributed by atoms with Gasteiger partial charge in [-0.1, -0.05) is 11.6 Å². The third-order valence-electron chi connectivity index (χ3n) is 4.10. The molecule has 1 unspecified atom stereocenters. The number of pyridine rings is 1. The van der Waals surface area contributed by atoms with Gasteiger partial charge in [-0.3, -0.25) is 9.59 Å². The summed E-state index contributed by atoms with van der Waals surface area (Å²) in [4.78, 5) is 24.2. The number of nitrogens with two attached hydrogens (primary N) is 2. The quantitative estimate of drug-likeness (QED) is 0.621. The highest BCUT2D eigenvalue weighted by molar-refractivity contribution is 6.36. The number of fused-ring (bicyclic) bond motifs is 3. The van der Waals surface area contributed by atoms with E-state index in [1.807, 2.05) is 6.92 Å². The third kappa shape index (κ3) is 1.68. The molecule has 0 saturated carbocycles. The number of anilines is 1. The Labute approximate surface area is 128 Å². The van der Waals surface area contributed by atoms with Gasteiger partial charge in [0.2, 0.25) is 5.43 Å². The molecule has 4 N–H and O–H groups in total. The number of benzene rings is 1. The zero-order valence-corrected chi connectivity index (χ0v) is 12.3. The monoisotopic (exact) mass is 327 g/mol. The maximum absolute atomic E-state index is 13.9. The second kappa shape index (κ2) is 4.67. The van der Waals surface area contributed by atoms with Gasteiger partial charge in [0, 0.05) is 11.7 Å². The van der Waals surface area contributed by atoms with Gasteiger partial charge in [0.05, 0.1) is 16.6 Å². The van der Waals surface area contributed by atoms with Crippen molar-refractivity contribution in [3.05, 3.63) is 38.1 Å². The second-order valence-corrected chi connectivity index (χ2v) is 5.73. The van der Waals surface area contributed by atoms with Crippen LogP contribution < -0.4 is 16.9 Å². The Morgan fingerprint density at radius 1 is 1.36 bits per heavy atom. The van der Waals surface area contributed by atoms with Crippen LogP contribution >= 0.6 is 11.6 Å². The minimum Gasteiger partial charge on any atom is -0.396 e. The highest BCUT2D eigenvalue weighted by Crippen LogP contribution is 2.38. The first-order chi connectivity index (χ1) is 10.3. The van der Waals surface area contributed by atoms with Gasteiger partial charge >= 0.3 is 0 Å². The van der Waals surface area contributed by atoms with E-state index in [1.54, 1.807) is 4.57 Å². The van der Waals surface area contributed by atoms with Gasteiger partial charge in [-0.05, 0) is 19.8 Å². The molecular formula is C14H12ClF2N3O2. The van der Waals surface area contributed by atoms with E-state index in [0.29, 0.717) is 18.5 Å². The van der Waals surface area contributed by atoms with E-state index in [0.717, 1.165) is 0 Å². The minimum atomic E-state index is -1.41. The molecule has 1 aromatic carbocycles. The topological polar surface area (TPSA) is 91.1 Å². The summed E-state index contributed by atoms with van der Waals surface area (Å²) in [5.74, 6) is -3.65. The SMILES string of the molecule is CC1CCc2c(C(N)=O)c(=O)c3c(N)c(F)c(F)c(Cl)c3n21. The van der Waals surface area contributed by atoms with Crippen molar-refractivity contribution in [1.29, 1.82) is 0 Å². The van der Waals surface area contributed by atoms with Gasteiger partial charge in [-0.15, -0.1) is 0 Å². The van der Waals surface area contributed by atoms with Crippen molar-refractivity contribution in [2.75, 3.05) is 5.73 Å². The molecule has 1 aromatic heterocycles. The van der Waals surface area contributed by atoms with Gasteiger partial charge in [0.15, 0.2) is 11.6 Å². The number of aromatic nitrogens is 1. The molecule has 0 spiro atoms. The molecule has 0 radical (unpaired) electrons. The molecular weight excluding hydrogens is 316 g/mol. The maximum Gasteiger partial charge on any atom is 0.254 e. The first-order valence-electron chi connectivity index (χ1n) is 6.60. The number of rotatable bonds is 1. The number of primary amides is 1. The van der Waals surface area contributed by atoms with Crippen LogP contribution in [0.4, 0.5) is 14.5 Å². The predicted molar refractivity (Wildman–Crippen MR) is 79.1 cm³/mol. The van der Waals surface area contributed by atoms with Crippen molar-refractivity contribution in [2.45, 2.75) is 25.8 Å². The summed E-state index contributed by atoms with van der Waals surface area (Å²) in [5, 5.41) is -0.833. The average molecular weight is 328 g/mol. The lowest BCUT2D eigenvalue weighted by atomic mass is 10.0. The maximum atomic E-state index is 13.9. The average Bonchev–Trinajstić information content (AvgIpc) is 2.82. The smallest absolute Gasteiger partial charge is 0.254 e. The zero-order valence-electron chi connectivity index (χ0n) is 11.5. The van der Waals surface area contributed by atoms with E-state index in [4.69, 9.17) is 23.1 Å². The van der Waals surface area contributed by atoms with Crippen LogP contribution in [-0.4, -0.2) is 10.5 Å². The Balaban J connectivity index is 2.70. The number of nitrogen functional groups attached to an aromatic ring is 1. The summed E-state index contributed by atoms with van der Waals surface area (Å²) in [6, 6.07) is -0.155. The molecule has 1 aliphatic heterocycles. The Kier molecular flexibility index (Phi) is 3.14. The van der Waals surface area contributed by atoms with E-state index in [2.05, 4.69) is 0 Å². The second-order valence-electron chi connectivity index (χ2n) is 5.35. The van der Waals surface area contributed by atoms with Gasteiger partial charge in [-0.25, -0.2) is 8.78 Å². The lowest BCUT2D eigenvalue weighted by molar-refractivity contribution is 0.0998. The molecule has 3 rings (SSSR count). The molecule has 0 fully saturated rings. The molecule has 2 aromatic rings. The third-order valence-corrected chi connectivity index (χ3v) is 4.44. The summed E-state index contributed by atoms with van der Waals surface area (Å²) in [6.45, 7) is 1.82. The largest absolute Gasteiger partial charge is 0.396 e. The van der Waals surface area contributed by atoms with Crippen molar-refractivity contribution in [3.63, 3.8) is 0 Å². The van der Waals surface area contributed by atoms with Crippen LogP contribution in [0.2, 0.25) is 5.02 Å². The Morgan fingerprint density at radius 3 is 2.59 bits per heavy atom. The van der Waals surface area contributed by atoms with Crippen molar-refractivity contribution in [1.82, 2.24) is 4.57 Å². The number of nitrogens with zero attached hydrogens (tertiary/aromatic N) is 1. The fraction of sp³-hybridized carbons (Fsp3) is 0.286. The standard InChI is InChI=1S/C14H12ClF2N3O2/c1-4-2-3-5-6(14(19)22)13(21)7-11(18)10(17)9(16)8(15)12(7)20(4)5/h4H,2-3,18H2,1H3,(H2,19,22). The molecule has 2 heterocycles. The zero-order chi connectivity index (χ0) is 16.3. The Bertz CT molecular complexity index is 908. The summed E-state index contributed by atoms with van der Waals surface area (Å²) in [7, 11) is 0. The number of hydrogen-bond acceptors (Lipinski definition) is 3. The van der Waals surface area contributed by atoms with E-state index < -0.39 is 33.7 Å². The molecule has 1 amide bonds. The molecule has 8 heteroatoms. The van der Waals surface area contributed by atoms with E-state index in [-0.39, 0.29) is 22.5 Å². The Hall–Kier alpha value is -2.15. The van der Waals surface area contributed by atoms with E-state index >= 15 is 0 Å². The van der Waals surface area contributed by atoms with Crippen molar-refractivity contribution >= 4 is 34.1 Å². The van der Waals surface area contributed by atoms with Gasteiger partial charge < -0.3 is 16.0 Å². The summed E-state index contributed by atoms with van der Waals surface area (Å²) in [6.07, 6.45) is 1.04. The van der Waals surface area contributed by atoms with E-state index in [9.17, 15) is 18.4 Å². The van der Waals surface area contributed by atoms with Crippen LogP contribution in [0.5, 0.6) is 0 Å². The first-order valence-corrected chi connectivity index (χ1v) is 6.98. The van der Waals surface area contributed by atoms with Gasteiger partial charge in [0.25, 0.3) is 5.91 Å². The minimum absolute atomic E-state index is 0.00747. The molecule has 1 atom stereocenters. The molecule has 116 valence electrons. The summed E-state index contributed by atoms with van der Waals surface area (Å²) in [5.41, 5.74) is 9.50. The number of hydrogen-bond donors (Lipinski definition) is 2. The van der Waals surface area contributed by atoms with Crippen molar-refractivity contribution in [2.24, 2.45) is 5.73 Å². The molecule has 5 nitrogen and oxygen atoms in total. The summed E-state index contributed by atoms with van der Waals surface area (Å²) >= 11 is 5.91. The number of amides is 1. The highest BCUT2D eigenvalue weighted by Gasteiger charge is 2.32. The fourth-order valence-corrected chi connectivity index (χ4v) is 3.36. The highest BCUT2D eigenvalue weighted by atomic mass is 35.5. The molecule has 0 bridgehead atoms. The number of carbonyl (C=O) groups excluding carboxylic acids is 1. The first kappa shape index (κ1) is 14.8. The number of carbonyl (C=O) groups is 1. The van der Waals surface area contributed by atoms with Crippen LogP contribution in [0.1, 0.15) is 35.4 Å². The van der Waals surface area contributed by atoms with Crippen LogP contribution in [-0.2, 0) is 6.42 Å². The van der Waals surface area contributed by atoms with Crippen molar-refractivity contribution < 1.29 is 13.6 Å². The molecule has 0 aliphatic carbocycles. The summed E-state index contributed by atoms with van der Waals surface area (Å²) < 4.78 is 29.3.